The van der Waals surface area contributed by atoms with Gasteiger partial charge >= 0.3 is 5.97 Å². The van der Waals surface area contributed by atoms with E-state index in [4.69, 9.17) is 4.74 Å². The van der Waals surface area contributed by atoms with E-state index in [2.05, 4.69) is 4.72 Å². The van der Waals surface area contributed by atoms with Gasteiger partial charge in [-0.25, -0.2) is 13.3 Å². The summed E-state index contributed by atoms with van der Waals surface area (Å²) >= 11 is 0. The molecule has 9 heteroatoms. The number of hydrogen-bond acceptors (Lipinski definition) is 5. The van der Waals surface area contributed by atoms with Crippen LogP contribution < -0.4 is 4.72 Å². The van der Waals surface area contributed by atoms with Crippen LogP contribution in [0.3, 0.4) is 0 Å². The van der Waals surface area contributed by atoms with Crippen molar-refractivity contribution in [2.24, 2.45) is 0 Å². The average Bonchev–Trinajstić information content (AvgIpc) is 2.46. The van der Waals surface area contributed by atoms with Crippen LogP contribution in [0.5, 0.6) is 0 Å². The lowest BCUT2D eigenvalue weighted by atomic mass is 9.89. The summed E-state index contributed by atoms with van der Waals surface area (Å²) < 4.78 is 33.9. The van der Waals surface area contributed by atoms with E-state index in [-0.39, 0.29) is 24.3 Å². The molecule has 0 saturated carbocycles. The third-order valence-electron chi connectivity index (χ3n) is 3.43. The molecule has 2 atom stereocenters. The van der Waals surface area contributed by atoms with Gasteiger partial charge in [-0.05, 0) is 40.7 Å². The topological polar surface area (TPSA) is 98.5 Å². The Labute approximate surface area is 148 Å². The van der Waals surface area contributed by atoms with Crippen molar-refractivity contribution in [2.45, 2.75) is 51.3 Å². The molecule has 0 bridgehead atoms. The molecule has 0 unspecified atom stereocenters. The number of nitrogens with one attached hydrogen (secondary N) is 1. The van der Waals surface area contributed by atoms with Crippen LogP contribution in [0.1, 0.15) is 46.6 Å². The second-order valence-electron chi connectivity index (χ2n) is 6.72. The molecular weight excluding hydrogens is 351 g/mol. The van der Waals surface area contributed by atoms with Gasteiger partial charge in [0.1, 0.15) is 5.82 Å². The first-order valence-corrected chi connectivity index (χ1v) is 8.85. The van der Waals surface area contributed by atoms with E-state index in [1.807, 2.05) is 0 Å². The van der Waals surface area contributed by atoms with Crippen LogP contribution in [-0.4, -0.2) is 26.5 Å². The second kappa shape index (κ2) is 8.01. The maximum atomic E-state index is 14.4. The summed E-state index contributed by atoms with van der Waals surface area (Å²) in [4.78, 5) is 22.3. The number of hydrogen-bond donors (Lipinski definition) is 1. The molecule has 1 N–H and O–H groups in total. The van der Waals surface area contributed by atoms with Crippen molar-refractivity contribution in [3.63, 3.8) is 0 Å². The van der Waals surface area contributed by atoms with E-state index in [0.29, 0.717) is 0 Å². The molecule has 1 aromatic carbocycles. The van der Waals surface area contributed by atoms with Crippen LogP contribution in [0.2, 0.25) is 0 Å². The van der Waals surface area contributed by atoms with Crippen molar-refractivity contribution in [3.05, 3.63) is 39.7 Å². The smallest absolute Gasteiger partial charge is 0.308 e. The SMILES string of the molecule is CCOC(=O)C[C@](C)(N[S@](=O)C(C)(C)C)c1cc([N+](=O)[O-])ccc1F. The van der Waals surface area contributed by atoms with Gasteiger partial charge in [-0.3, -0.25) is 14.9 Å². The van der Waals surface area contributed by atoms with E-state index < -0.39 is 38.0 Å². The highest BCUT2D eigenvalue weighted by atomic mass is 32.2. The Bertz CT molecular complexity index is 690. The van der Waals surface area contributed by atoms with Gasteiger partial charge < -0.3 is 4.74 Å². The first kappa shape index (κ1) is 21.2. The molecule has 25 heavy (non-hydrogen) atoms. The van der Waals surface area contributed by atoms with Crippen LogP contribution in [0, 0.1) is 15.9 Å². The number of nitrogens with zero attached hydrogens (tertiary/aromatic N) is 1. The third kappa shape index (κ3) is 5.57. The van der Waals surface area contributed by atoms with Crippen molar-refractivity contribution < 1.29 is 23.1 Å². The quantitative estimate of drug-likeness (QED) is 0.449. The normalized spacial score (nSPS) is 15.3. The molecule has 0 aliphatic rings. The zero-order valence-electron chi connectivity index (χ0n) is 14.9. The first-order valence-electron chi connectivity index (χ1n) is 7.70. The Morgan fingerprint density at radius 2 is 1.96 bits per heavy atom. The van der Waals surface area contributed by atoms with E-state index in [9.17, 15) is 23.5 Å². The minimum absolute atomic E-state index is 0.118. The number of rotatable bonds is 7. The Balaban J connectivity index is 3.40. The Kier molecular flexibility index (Phi) is 6.78. The van der Waals surface area contributed by atoms with Crippen molar-refractivity contribution in [3.8, 4) is 0 Å². The van der Waals surface area contributed by atoms with Gasteiger partial charge in [0.15, 0.2) is 0 Å². The minimum Gasteiger partial charge on any atom is -0.466 e. The molecule has 0 fully saturated rings. The predicted molar refractivity (Wildman–Crippen MR) is 92.7 cm³/mol. The Morgan fingerprint density at radius 1 is 1.36 bits per heavy atom. The van der Waals surface area contributed by atoms with Crippen LogP contribution in [0.4, 0.5) is 10.1 Å². The minimum atomic E-state index is -1.65. The Morgan fingerprint density at radius 3 is 2.44 bits per heavy atom. The number of esters is 1. The number of halogens is 1. The van der Waals surface area contributed by atoms with Gasteiger partial charge in [0.05, 0.1) is 39.2 Å². The van der Waals surface area contributed by atoms with Gasteiger partial charge in [0, 0.05) is 17.7 Å². The van der Waals surface area contributed by atoms with Crippen molar-refractivity contribution in [1.29, 1.82) is 0 Å². The zero-order valence-corrected chi connectivity index (χ0v) is 15.7. The number of benzene rings is 1. The van der Waals surface area contributed by atoms with E-state index in [1.165, 1.54) is 6.92 Å². The summed E-state index contributed by atoms with van der Waals surface area (Å²) in [6, 6.07) is 3.03. The van der Waals surface area contributed by atoms with E-state index in [0.717, 1.165) is 18.2 Å². The van der Waals surface area contributed by atoms with Crippen molar-refractivity contribution >= 4 is 22.6 Å². The molecule has 1 aromatic rings. The fourth-order valence-electron chi connectivity index (χ4n) is 2.09. The van der Waals surface area contributed by atoms with Crippen LogP contribution in [-0.2, 0) is 26.1 Å². The summed E-state index contributed by atoms with van der Waals surface area (Å²) in [6.07, 6.45) is -0.333. The summed E-state index contributed by atoms with van der Waals surface area (Å²) in [5.41, 5.74) is -1.89. The lowest BCUT2D eigenvalue weighted by Gasteiger charge is -2.33. The van der Waals surface area contributed by atoms with Crippen LogP contribution in [0.15, 0.2) is 18.2 Å². The first-order chi connectivity index (χ1) is 11.4. The molecule has 0 saturated heterocycles. The second-order valence-corrected chi connectivity index (χ2v) is 8.68. The highest BCUT2D eigenvalue weighted by Gasteiger charge is 2.38. The van der Waals surface area contributed by atoms with Crippen LogP contribution >= 0.6 is 0 Å². The number of nitro benzene ring substituents is 1. The number of ether oxygens (including phenoxy) is 1. The molecule has 0 spiro atoms. The molecule has 0 aromatic heterocycles. The van der Waals surface area contributed by atoms with Gasteiger partial charge in [0.25, 0.3) is 5.69 Å². The van der Waals surface area contributed by atoms with E-state index >= 15 is 0 Å². The maximum absolute atomic E-state index is 14.4. The molecule has 0 aliphatic heterocycles. The fourth-order valence-corrected chi connectivity index (χ4v) is 2.99. The van der Waals surface area contributed by atoms with Crippen molar-refractivity contribution in [2.75, 3.05) is 6.61 Å². The Hall–Kier alpha value is -1.87. The predicted octanol–water partition coefficient (Wildman–Crippen LogP) is 2.95. The summed E-state index contributed by atoms with van der Waals surface area (Å²) in [5.74, 6) is -1.37. The number of carbonyl (C=O) groups excluding carboxylic acids is 1. The number of carbonyl (C=O) groups is 1. The molecule has 0 aliphatic carbocycles. The number of non-ortho nitro benzene ring substituents is 1. The van der Waals surface area contributed by atoms with Gasteiger partial charge in [-0.15, -0.1) is 0 Å². The molecule has 1 rings (SSSR count). The highest BCUT2D eigenvalue weighted by molar-refractivity contribution is 7.84. The maximum Gasteiger partial charge on any atom is 0.308 e. The molecule has 0 heterocycles. The van der Waals surface area contributed by atoms with Gasteiger partial charge in [-0.1, -0.05) is 0 Å². The third-order valence-corrected chi connectivity index (χ3v) is 5.18. The van der Waals surface area contributed by atoms with Crippen LogP contribution in [0.25, 0.3) is 0 Å². The monoisotopic (exact) mass is 374 g/mol. The average molecular weight is 374 g/mol. The summed E-state index contributed by atoms with van der Waals surface area (Å²) in [7, 11) is -1.65. The molecule has 140 valence electrons. The van der Waals surface area contributed by atoms with E-state index in [1.54, 1.807) is 27.7 Å². The van der Waals surface area contributed by atoms with Crippen molar-refractivity contribution in [1.82, 2.24) is 4.72 Å². The fraction of sp³-hybridized carbons (Fsp3) is 0.562. The van der Waals surface area contributed by atoms with Gasteiger partial charge in [-0.2, -0.15) is 0 Å². The summed E-state index contributed by atoms with van der Waals surface area (Å²) in [5, 5.41) is 11.0. The lowest BCUT2D eigenvalue weighted by Crippen LogP contribution is -2.48. The highest BCUT2D eigenvalue weighted by Crippen LogP contribution is 2.32. The standard InChI is InChI=1S/C16H23FN2O5S/c1-6-24-14(20)10-16(5,18-25(23)15(2,3)4)12-9-11(19(21)22)7-8-13(12)17/h7-9,18H,6,10H2,1-5H3/t16-,25+/m0/s1. The molecule has 0 amide bonds. The molecule has 0 radical (unpaired) electrons. The number of nitro groups is 1. The molecular formula is C16H23FN2O5S. The largest absolute Gasteiger partial charge is 0.466 e. The zero-order chi connectivity index (χ0) is 19.4. The van der Waals surface area contributed by atoms with Gasteiger partial charge in [0.2, 0.25) is 0 Å². The lowest BCUT2D eigenvalue weighted by molar-refractivity contribution is -0.385. The molecule has 7 nitrogen and oxygen atoms in total. The summed E-state index contributed by atoms with van der Waals surface area (Å²) in [6.45, 7) is 8.37.